The van der Waals surface area contributed by atoms with Crippen molar-refractivity contribution in [2.45, 2.75) is 31.2 Å². The molecule has 0 spiro atoms. The van der Waals surface area contributed by atoms with Gasteiger partial charge in [0.05, 0.1) is 0 Å². The van der Waals surface area contributed by atoms with Gasteiger partial charge < -0.3 is 5.32 Å². The highest BCUT2D eigenvalue weighted by Gasteiger charge is 2.24. The number of pyridine rings is 1. The second-order valence-electron chi connectivity index (χ2n) is 4.55. The minimum atomic E-state index is -3.58. The van der Waals surface area contributed by atoms with E-state index in [2.05, 4.69) is 21.9 Å². The molecule has 0 aliphatic heterocycles. The number of unbranched alkanes of at least 4 members (excludes halogenated alkanes) is 2. The average molecular weight is 296 g/mol. The van der Waals surface area contributed by atoms with Crippen molar-refractivity contribution in [3.8, 4) is 0 Å². The van der Waals surface area contributed by atoms with Gasteiger partial charge >= 0.3 is 0 Å². The summed E-state index contributed by atoms with van der Waals surface area (Å²) in [6, 6.07) is 5.38. The molecule has 0 saturated carbocycles. The fourth-order valence-electron chi connectivity index (χ4n) is 2.04. The van der Waals surface area contributed by atoms with Gasteiger partial charge in [0, 0.05) is 19.8 Å². The molecule has 0 unspecified atom stereocenters. The van der Waals surface area contributed by atoms with Gasteiger partial charge in [-0.25, -0.2) is 18.1 Å². The molecule has 7 heteroatoms. The molecule has 0 atom stereocenters. The van der Waals surface area contributed by atoms with E-state index < -0.39 is 10.0 Å². The molecule has 20 heavy (non-hydrogen) atoms. The first kappa shape index (κ1) is 14.8. The van der Waals surface area contributed by atoms with Crippen molar-refractivity contribution in [3.05, 3.63) is 24.4 Å². The van der Waals surface area contributed by atoms with E-state index in [1.165, 1.54) is 0 Å². The standard InChI is InChI=1S/C13H20N4O2S/c1-3-4-6-9-15-20(18,19)13-12(14-2)16-11-8-5-7-10-17(11)13/h5,7-8,10,14-15H,3-4,6,9H2,1-2H3. The maximum Gasteiger partial charge on any atom is 0.260 e. The summed E-state index contributed by atoms with van der Waals surface area (Å²) in [5, 5.41) is 3.00. The number of rotatable bonds is 7. The molecule has 6 nitrogen and oxygen atoms in total. The third-order valence-corrected chi connectivity index (χ3v) is 4.53. The van der Waals surface area contributed by atoms with Crippen molar-refractivity contribution in [2.24, 2.45) is 0 Å². The molecule has 0 amide bonds. The zero-order valence-corrected chi connectivity index (χ0v) is 12.6. The van der Waals surface area contributed by atoms with Gasteiger partial charge in [-0.3, -0.25) is 4.40 Å². The molecular formula is C13H20N4O2S. The quantitative estimate of drug-likeness (QED) is 0.765. The Hall–Kier alpha value is -1.60. The molecule has 2 heterocycles. The van der Waals surface area contributed by atoms with Crippen LogP contribution in [0.3, 0.4) is 0 Å². The Labute approximate surface area is 119 Å². The van der Waals surface area contributed by atoms with Crippen LogP contribution in [0.15, 0.2) is 29.4 Å². The Kier molecular flexibility index (Phi) is 4.61. The van der Waals surface area contributed by atoms with Crippen molar-refractivity contribution in [1.29, 1.82) is 0 Å². The third kappa shape index (κ3) is 2.94. The van der Waals surface area contributed by atoms with Gasteiger partial charge in [-0.1, -0.05) is 25.8 Å². The molecule has 0 fully saturated rings. The first-order valence-corrected chi connectivity index (χ1v) is 8.23. The van der Waals surface area contributed by atoms with E-state index in [4.69, 9.17) is 0 Å². The van der Waals surface area contributed by atoms with E-state index in [-0.39, 0.29) is 5.03 Å². The molecule has 0 aliphatic rings. The smallest absolute Gasteiger partial charge is 0.260 e. The fourth-order valence-corrected chi connectivity index (χ4v) is 3.41. The number of nitrogens with zero attached hydrogens (tertiary/aromatic N) is 2. The maximum atomic E-state index is 12.4. The maximum absolute atomic E-state index is 12.4. The summed E-state index contributed by atoms with van der Waals surface area (Å²) >= 11 is 0. The predicted molar refractivity (Wildman–Crippen MR) is 79.5 cm³/mol. The Balaban J connectivity index is 2.35. The van der Waals surface area contributed by atoms with E-state index in [1.807, 2.05) is 6.07 Å². The lowest BCUT2D eigenvalue weighted by Gasteiger charge is -2.08. The molecule has 2 aromatic heterocycles. The van der Waals surface area contributed by atoms with Gasteiger partial charge in [-0.05, 0) is 18.6 Å². The number of sulfonamides is 1. The molecule has 2 N–H and O–H groups in total. The fraction of sp³-hybridized carbons (Fsp3) is 0.462. The number of hydrogen-bond acceptors (Lipinski definition) is 4. The molecule has 110 valence electrons. The van der Waals surface area contributed by atoms with Crippen LogP contribution in [0.2, 0.25) is 0 Å². The molecule has 0 saturated heterocycles. The van der Waals surface area contributed by atoms with Gasteiger partial charge in [-0.2, -0.15) is 0 Å². The highest BCUT2D eigenvalue weighted by Crippen LogP contribution is 2.22. The van der Waals surface area contributed by atoms with Crippen molar-refractivity contribution < 1.29 is 8.42 Å². The summed E-state index contributed by atoms with van der Waals surface area (Å²) in [6.07, 6.45) is 4.60. The SMILES string of the molecule is CCCCCNS(=O)(=O)c1c(NC)nc2ccccn12. The van der Waals surface area contributed by atoms with Gasteiger partial charge in [-0.15, -0.1) is 0 Å². The minimum Gasteiger partial charge on any atom is -0.371 e. The number of aromatic nitrogens is 2. The number of fused-ring (bicyclic) bond motifs is 1. The topological polar surface area (TPSA) is 75.5 Å². The largest absolute Gasteiger partial charge is 0.371 e. The van der Waals surface area contributed by atoms with Crippen LogP contribution in [-0.2, 0) is 10.0 Å². The van der Waals surface area contributed by atoms with E-state index in [9.17, 15) is 8.42 Å². The van der Waals surface area contributed by atoms with E-state index in [1.54, 1.807) is 29.8 Å². The van der Waals surface area contributed by atoms with Crippen molar-refractivity contribution in [2.75, 3.05) is 18.9 Å². The Bertz CT molecular complexity index is 679. The summed E-state index contributed by atoms with van der Waals surface area (Å²) in [6.45, 7) is 2.53. The van der Waals surface area contributed by atoms with Crippen LogP contribution in [0.4, 0.5) is 5.82 Å². The second kappa shape index (κ2) is 6.23. The first-order chi connectivity index (χ1) is 9.60. The molecule has 0 radical (unpaired) electrons. The van der Waals surface area contributed by atoms with Crippen LogP contribution in [-0.4, -0.2) is 31.4 Å². The van der Waals surface area contributed by atoms with Crippen LogP contribution in [0.1, 0.15) is 26.2 Å². The molecular weight excluding hydrogens is 276 g/mol. The zero-order chi connectivity index (χ0) is 14.6. The van der Waals surface area contributed by atoms with Gasteiger partial charge in [0.1, 0.15) is 5.65 Å². The van der Waals surface area contributed by atoms with E-state index >= 15 is 0 Å². The molecule has 0 aliphatic carbocycles. The average Bonchev–Trinajstić information content (AvgIpc) is 2.83. The number of imidazole rings is 1. The van der Waals surface area contributed by atoms with Crippen molar-refractivity contribution in [1.82, 2.24) is 14.1 Å². The van der Waals surface area contributed by atoms with Gasteiger partial charge in [0.15, 0.2) is 10.8 Å². The predicted octanol–water partition coefficient (Wildman–Crippen LogP) is 1.84. The summed E-state index contributed by atoms with van der Waals surface area (Å²) in [7, 11) is -1.91. The Morgan fingerprint density at radius 3 is 2.80 bits per heavy atom. The normalized spacial score (nSPS) is 11.9. The highest BCUT2D eigenvalue weighted by molar-refractivity contribution is 7.89. The summed E-state index contributed by atoms with van der Waals surface area (Å²) in [5.74, 6) is 0.360. The van der Waals surface area contributed by atoms with E-state index in [0.29, 0.717) is 18.0 Å². The summed E-state index contributed by atoms with van der Waals surface area (Å²) in [5.41, 5.74) is 0.603. The molecule has 2 aromatic rings. The van der Waals surface area contributed by atoms with E-state index in [0.717, 1.165) is 19.3 Å². The van der Waals surface area contributed by atoms with Crippen LogP contribution in [0.5, 0.6) is 0 Å². The first-order valence-electron chi connectivity index (χ1n) is 6.74. The lowest BCUT2D eigenvalue weighted by Crippen LogP contribution is -2.26. The summed E-state index contributed by atoms with van der Waals surface area (Å²) in [4.78, 5) is 4.27. The van der Waals surface area contributed by atoms with Gasteiger partial charge in [0.25, 0.3) is 10.0 Å². The second-order valence-corrected chi connectivity index (χ2v) is 6.23. The van der Waals surface area contributed by atoms with Crippen molar-refractivity contribution in [3.63, 3.8) is 0 Å². The van der Waals surface area contributed by atoms with Crippen LogP contribution in [0, 0.1) is 0 Å². The monoisotopic (exact) mass is 296 g/mol. The van der Waals surface area contributed by atoms with Crippen molar-refractivity contribution >= 4 is 21.5 Å². The van der Waals surface area contributed by atoms with Crippen LogP contribution in [0.25, 0.3) is 5.65 Å². The number of nitrogens with one attached hydrogen (secondary N) is 2. The lowest BCUT2D eigenvalue weighted by molar-refractivity contribution is 0.571. The van der Waals surface area contributed by atoms with Crippen LogP contribution >= 0.6 is 0 Å². The summed E-state index contributed by atoms with van der Waals surface area (Å²) < 4.78 is 29.1. The molecule has 2 rings (SSSR count). The molecule has 0 bridgehead atoms. The lowest BCUT2D eigenvalue weighted by atomic mass is 10.3. The number of hydrogen-bond donors (Lipinski definition) is 2. The van der Waals surface area contributed by atoms with Gasteiger partial charge in [0.2, 0.25) is 0 Å². The highest BCUT2D eigenvalue weighted by atomic mass is 32.2. The van der Waals surface area contributed by atoms with Crippen LogP contribution < -0.4 is 10.0 Å². The minimum absolute atomic E-state index is 0.159. The Morgan fingerprint density at radius 1 is 1.30 bits per heavy atom. The molecule has 0 aromatic carbocycles. The Morgan fingerprint density at radius 2 is 2.10 bits per heavy atom. The number of anilines is 1. The zero-order valence-electron chi connectivity index (χ0n) is 11.8. The third-order valence-electron chi connectivity index (χ3n) is 3.05.